The highest BCUT2D eigenvalue weighted by Gasteiger charge is 2.25. The van der Waals surface area contributed by atoms with Gasteiger partial charge >= 0.3 is 0 Å². The minimum atomic E-state index is -1.11. The highest BCUT2D eigenvalue weighted by atomic mass is 79.9. The molecule has 12 heavy (non-hydrogen) atoms. The number of ketones is 1. The Morgan fingerprint density at radius 2 is 2.17 bits per heavy atom. The second kappa shape index (κ2) is 2.78. The largest absolute Gasteiger partial charge is 0.293 e. The lowest BCUT2D eigenvalue weighted by Crippen LogP contribution is -1.97. The lowest BCUT2D eigenvalue weighted by Gasteiger charge is -1.95. The SMILES string of the molecule is O=C1CS(=O)c2ccc(Br)cc21. The molecule has 1 atom stereocenters. The molecule has 1 aliphatic rings. The molecule has 2 nitrogen and oxygen atoms in total. The van der Waals surface area contributed by atoms with Gasteiger partial charge in [0.25, 0.3) is 0 Å². The number of benzene rings is 1. The van der Waals surface area contributed by atoms with Gasteiger partial charge in [0.15, 0.2) is 5.78 Å². The molecule has 0 fully saturated rings. The van der Waals surface area contributed by atoms with Crippen LogP contribution in [-0.2, 0) is 10.8 Å². The molecule has 1 unspecified atom stereocenters. The molecule has 0 amide bonds. The maximum absolute atomic E-state index is 11.3. The molecule has 4 heteroatoms. The molecule has 62 valence electrons. The standard InChI is InChI=1S/C8H5BrO2S/c9-5-1-2-8-6(3-5)7(10)4-12(8)11/h1-3H,4H2. The Morgan fingerprint density at radius 3 is 2.92 bits per heavy atom. The second-order valence-corrected chi connectivity index (χ2v) is 4.89. The van der Waals surface area contributed by atoms with Gasteiger partial charge in [-0.3, -0.25) is 9.00 Å². The van der Waals surface area contributed by atoms with E-state index in [9.17, 15) is 9.00 Å². The summed E-state index contributed by atoms with van der Waals surface area (Å²) in [6.45, 7) is 0. The molecule has 0 bridgehead atoms. The van der Waals surface area contributed by atoms with Crippen molar-refractivity contribution >= 4 is 32.5 Å². The third kappa shape index (κ3) is 1.15. The highest BCUT2D eigenvalue weighted by molar-refractivity contribution is 9.10. The first-order valence-electron chi connectivity index (χ1n) is 3.39. The molecule has 0 spiro atoms. The molecular weight excluding hydrogens is 240 g/mol. The lowest BCUT2D eigenvalue weighted by molar-refractivity contribution is 0.102. The summed E-state index contributed by atoms with van der Waals surface area (Å²) in [5.41, 5.74) is 0.600. The van der Waals surface area contributed by atoms with Crippen LogP contribution < -0.4 is 0 Å². The fourth-order valence-electron chi connectivity index (χ4n) is 1.19. The summed E-state index contributed by atoms with van der Waals surface area (Å²) in [6.07, 6.45) is 0. The van der Waals surface area contributed by atoms with Crippen LogP contribution in [0.3, 0.4) is 0 Å². The Labute approximate surface area is 80.6 Å². The van der Waals surface area contributed by atoms with Gasteiger partial charge in [0.2, 0.25) is 0 Å². The normalized spacial score (nSPS) is 21.1. The third-order valence-electron chi connectivity index (χ3n) is 1.75. The van der Waals surface area contributed by atoms with E-state index in [0.29, 0.717) is 10.5 Å². The Bertz CT molecular complexity index is 387. The van der Waals surface area contributed by atoms with E-state index in [1.54, 1.807) is 18.2 Å². The zero-order valence-corrected chi connectivity index (χ0v) is 8.44. The second-order valence-electron chi connectivity index (χ2n) is 2.55. The Hall–Kier alpha value is -0.480. The first-order valence-corrected chi connectivity index (χ1v) is 5.51. The zero-order chi connectivity index (χ0) is 8.72. The minimum absolute atomic E-state index is 0.0235. The van der Waals surface area contributed by atoms with Gasteiger partial charge in [-0.1, -0.05) is 15.9 Å². The maximum Gasteiger partial charge on any atom is 0.176 e. The molecule has 1 aliphatic heterocycles. The predicted molar refractivity (Wildman–Crippen MR) is 49.7 cm³/mol. The van der Waals surface area contributed by atoms with Crippen molar-refractivity contribution in [2.75, 3.05) is 5.75 Å². The van der Waals surface area contributed by atoms with Crippen LogP contribution in [0.1, 0.15) is 10.4 Å². The van der Waals surface area contributed by atoms with Gasteiger partial charge in [-0.2, -0.15) is 0 Å². The Kier molecular flexibility index (Phi) is 1.88. The number of hydrogen-bond acceptors (Lipinski definition) is 2. The highest BCUT2D eigenvalue weighted by Crippen LogP contribution is 2.25. The van der Waals surface area contributed by atoms with Crippen molar-refractivity contribution in [2.24, 2.45) is 0 Å². The molecule has 0 saturated heterocycles. The topological polar surface area (TPSA) is 34.1 Å². The molecule has 0 aliphatic carbocycles. The maximum atomic E-state index is 11.3. The van der Waals surface area contributed by atoms with E-state index in [0.717, 1.165) is 4.47 Å². The van der Waals surface area contributed by atoms with Crippen LogP contribution >= 0.6 is 15.9 Å². The number of fused-ring (bicyclic) bond motifs is 1. The number of Topliss-reactive ketones (excluding diaryl/α,β-unsaturated/α-hetero) is 1. The van der Waals surface area contributed by atoms with Crippen LogP contribution in [0.5, 0.6) is 0 Å². The number of rotatable bonds is 0. The van der Waals surface area contributed by atoms with Crippen LogP contribution in [-0.4, -0.2) is 15.7 Å². The number of halogens is 1. The average Bonchev–Trinajstić information content (AvgIpc) is 2.28. The van der Waals surface area contributed by atoms with Gasteiger partial charge in [0.1, 0.15) is 0 Å². The number of carbonyl (C=O) groups is 1. The summed E-state index contributed by atoms with van der Waals surface area (Å²) >= 11 is 3.26. The van der Waals surface area contributed by atoms with E-state index in [1.165, 1.54) is 0 Å². The fraction of sp³-hybridized carbons (Fsp3) is 0.125. The van der Waals surface area contributed by atoms with Crippen LogP contribution in [0.15, 0.2) is 27.6 Å². The predicted octanol–water partition coefficient (Wildman–Crippen LogP) is 1.75. The minimum Gasteiger partial charge on any atom is -0.293 e. The average molecular weight is 245 g/mol. The first-order chi connectivity index (χ1) is 5.68. The van der Waals surface area contributed by atoms with Gasteiger partial charge in [0.05, 0.1) is 21.4 Å². The van der Waals surface area contributed by atoms with Crippen LogP contribution in [0.2, 0.25) is 0 Å². The summed E-state index contributed by atoms with van der Waals surface area (Å²) in [7, 11) is -1.11. The van der Waals surface area contributed by atoms with Crippen molar-refractivity contribution in [1.82, 2.24) is 0 Å². The van der Waals surface area contributed by atoms with Crippen molar-refractivity contribution in [3.8, 4) is 0 Å². The molecule has 0 N–H and O–H groups in total. The van der Waals surface area contributed by atoms with E-state index >= 15 is 0 Å². The smallest absolute Gasteiger partial charge is 0.176 e. The van der Waals surface area contributed by atoms with Crippen LogP contribution in [0.25, 0.3) is 0 Å². The van der Waals surface area contributed by atoms with Gasteiger partial charge < -0.3 is 0 Å². The first kappa shape index (κ1) is 8.13. The van der Waals surface area contributed by atoms with Crippen molar-refractivity contribution in [3.05, 3.63) is 28.2 Å². The van der Waals surface area contributed by atoms with E-state index in [2.05, 4.69) is 15.9 Å². The van der Waals surface area contributed by atoms with Gasteiger partial charge in [-0.25, -0.2) is 0 Å². The Morgan fingerprint density at radius 1 is 1.42 bits per heavy atom. The molecule has 0 saturated carbocycles. The van der Waals surface area contributed by atoms with Crippen molar-refractivity contribution < 1.29 is 9.00 Å². The van der Waals surface area contributed by atoms with Gasteiger partial charge in [-0.15, -0.1) is 0 Å². The van der Waals surface area contributed by atoms with E-state index in [4.69, 9.17) is 0 Å². The van der Waals surface area contributed by atoms with Crippen molar-refractivity contribution in [3.63, 3.8) is 0 Å². The lowest BCUT2D eigenvalue weighted by atomic mass is 10.2. The molecule has 1 aromatic carbocycles. The van der Waals surface area contributed by atoms with Crippen molar-refractivity contribution in [2.45, 2.75) is 4.90 Å². The monoisotopic (exact) mass is 244 g/mol. The van der Waals surface area contributed by atoms with Gasteiger partial charge in [0, 0.05) is 10.0 Å². The molecule has 1 heterocycles. The summed E-state index contributed by atoms with van der Waals surface area (Å²) in [6, 6.07) is 5.26. The summed E-state index contributed by atoms with van der Waals surface area (Å²) < 4.78 is 12.1. The summed E-state index contributed by atoms with van der Waals surface area (Å²) in [5, 5.41) is 0. The quantitative estimate of drug-likeness (QED) is 0.697. The molecule has 0 aromatic heterocycles. The third-order valence-corrected chi connectivity index (χ3v) is 3.61. The zero-order valence-electron chi connectivity index (χ0n) is 6.04. The van der Waals surface area contributed by atoms with E-state index < -0.39 is 10.8 Å². The number of hydrogen-bond donors (Lipinski definition) is 0. The summed E-state index contributed by atoms with van der Waals surface area (Å²) in [5.74, 6) is 0.121. The molecule has 1 aromatic rings. The van der Waals surface area contributed by atoms with Crippen LogP contribution in [0, 0.1) is 0 Å². The molecule has 0 radical (unpaired) electrons. The Balaban J connectivity index is 2.68. The van der Waals surface area contributed by atoms with E-state index in [1.807, 2.05) is 0 Å². The van der Waals surface area contributed by atoms with Crippen LogP contribution in [0.4, 0.5) is 0 Å². The molecule has 2 rings (SSSR count). The summed E-state index contributed by atoms with van der Waals surface area (Å²) in [4.78, 5) is 11.9. The van der Waals surface area contributed by atoms with E-state index in [-0.39, 0.29) is 11.5 Å². The van der Waals surface area contributed by atoms with Gasteiger partial charge in [-0.05, 0) is 18.2 Å². The number of carbonyl (C=O) groups excluding carboxylic acids is 1. The molecular formula is C8H5BrO2S. The van der Waals surface area contributed by atoms with Crippen molar-refractivity contribution in [1.29, 1.82) is 0 Å². The fourth-order valence-corrected chi connectivity index (χ4v) is 2.74.